The summed E-state index contributed by atoms with van der Waals surface area (Å²) in [5.74, 6) is 6.44. The number of rotatable bonds is 3. The molecule has 0 radical (unpaired) electrons. The third kappa shape index (κ3) is 2.46. The maximum Gasteiger partial charge on any atom is 0.0587 e. The zero-order valence-corrected chi connectivity index (χ0v) is 12.0. The van der Waals surface area contributed by atoms with E-state index in [-0.39, 0.29) is 6.04 Å². The topological polar surface area (TPSA) is 38.0 Å². The molecule has 3 rings (SSSR count). The van der Waals surface area contributed by atoms with Crippen molar-refractivity contribution in [3.05, 3.63) is 57.3 Å². The van der Waals surface area contributed by atoms with E-state index in [1.165, 1.54) is 34.4 Å². The van der Waals surface area contributed by atoms with Crippen molar-refractivity contribution < 1.29 is 0 Å². The van der Waals surface area contributed by atoms with Gasteiger partial charge in [0.2, 0.25) is 0 Å². The van der Waals surface area contributed by atoms with Crippen LogP contribution in [0.3, 0.4) is 0 Å². The van der Waals surface area contributed by atoms with Crippen molar-refractivity contribution in [1.29, 1.82) is 0 Å². The molecular formula is C16H20N2S. The molecule has 0 fully saturated rings. The number of nitrogens with one attached hydrogen (secondary N) is 1. The minimum absolute atomic E-state index is 0.286. The van der Waals surface area contributed by atoms with E-state index in [0.29, 0.717) is 5.92 Å². The normalized spacial score (nSPS) is 20.0. The van der Waals surface area contributed by atoms with Crippen molar-refractivity contribution in [2.24, 2.45) is 11.8 Å². The van der Waals surface area contributed by atoms with E-state index >= 15 is 0 Å². The summed E-state index contributed by atoms with van der Waals surface area (Å²) in [4.78, 5) is 1.40. The first-order valence-electron chi connectivity index (χ1n) is 6.86. The Kier molecular flexibility index (Phi) is 3.69. The summed E-state index contributed by atoms with van der Waals surface area (Å²) < 4.78 is 0. The molecule has 2 unspecified atom stereocenters. The zero-order chi connectivity index (χ0) is 13.2. The first kappa shape index (κ1) is 12.9. The van der Waals surface area contributed by atoms with Crippen LogP contribution >= 0.6 is 11.3 Å². The van der Waals surface area contributed by atoms with E-state index < -0.39 is 0 Å². The number of fused-ring (bicyclic) bond motifs is 1. The molecule has 3 N–H and O–H groups in total. The Balaban J connectivity index is 1.85. The van der Waals surface area contributed by atoms with Gasteiger partial charge in [-0.2, -0.15) is 0 Å². The first-order chi connectivity index (χ1) is 9.29. The lowest BCUT2D eigenvalue weighted by Gasteiger charge is -2.31. The summed E-state index contributed by atoms with van der Waals surface area (Å²) in [6.45, 7) is 2.17. The van der Waals surface area contributed by atoms with Crippen LogP contribution in [-0.2, 0) is 12.8 Å². The molecule has 0 saturated carbocycles. The molecule has 0 spiro atoms. The van der Waals surface area contributed by atoms with Gasteiger partial charge in [-0.15, -0.1) is 11.3 Å². The minimum Gasteiger partial charge on any atom is -0.271 e. The predicted molar refractivity (Wildman–Crippen MR) is 81.1 cm³/mol. The zero-order valence-electron chi connectivity index (χ0n) is 11.2. The fourth-order valence-electron chi connectivity index (χ4n) is 3.14. The van der Waals surface area contributed by atoms with E-state index in [4.69, 9.17) is 5.84 Å². The molecule has 19 heavy (non-hydrogen) atoms. The highest BCUT2D eigenvalue weighted by molar-refractivity contribution is 7.10. The van der Waals surface area contributed by atoms with Crippen molar-refractivity contribution in [2.45, 2.75) is 32.2 Å². The molecule has 1 aliphatic rings. The van der Waals surface area contributed by atoms with E-state index in [9.17, 15) is 0 Å². The van der Waals surface area contributed by atoms with Crippen LogP contribution in [0.2, 0.25) is 0 Å². The fourth-order valence-corrected chi connectivity index (χ4v) is 4.22. The maximum atomic E-state index is 5.84. The van der Waals surface area contributed by atoms with Gasteiger partial charge < -0.3 is 0 Å². The smallest absolute Gasteiger partial charge is 0.0587 e. The van der Waals surface area contributed by atoms with Crippen molar-refractivity contribution in [3.63, 3.8) is 0 Å². The lowest BCUT2D eigenvalue weighted by Crippen LogP contribution is -2.36. The molecule has 0 aliphatic heterocycles. The van der Waals surface area contributed by atoms with E-state index in [0.717, 1.165) is 6.42 Å². The SMILES string of the molecule is Cc1ccsc1C(NN)C1CCc2ccccc2C1. The van der Waals surface area contributed by atoms with E-state index in [2.05, 4.69) is 48.1 Å². The molecule has 0 bridgehead atoms. The molecule has 0 amide bonds. The quantitative estimate of drug-likeness (QED) is 0.664. The summed E-state index contributed by atoms with van der Waals surface area (Å²) in [6, 6.07) is 11.3. The summed E-state index contributed by atoms with van der Waals surface area (Å²) in [6.07, 6.45) is 3.51. The van der Waals surface area contributed by atoms with Gasteiger partial charge in [-0.05, 0) is 60.2 Å². The van der Waals surface area contributed by atoms with Crippen LogP contribution < -0.4 is 11.3 Å². The molecule has 0 saturated heterocycles. The molecule has 2 atom stereocenters. The average Bonchev–Trinajstić information content (AvgIpc) is 2.86. The summed E-state index contributed by atoms with van der Waals surface area (Å²) >= 11 is 1.81. The Morgan fingerprint density at radius 1 is 1.26 bits per heavy atom. The van der Waals surface area contributed by atoms with Gasteiger partial charge in [-0.25, -0.2) is 0 Å². The van der Waals surface area contributed by atoms with Gasteiger partial charge in [0, 0.05) is 4.88 Å². The number of nitrogens with two attached hydrogens (primary N) is 1. The van der Waals surface area contributed by atoms with Gasteiger partial charge in [-0.1, -0.05) is 24.3 Å². The highest BCUT2D eigenvalue weighted by Crippen LogP contribution is 2.36. The predicted octanol–water partition coefficient (Wildman–Crippen LogP) is 3.37. The van der Waals surface area contributed by atoms with Crippen LogP contribution in [0, 0.1) is 12.8 Å². The molecule has 2 nitrogen and oxygen atoms in total. The number of hydrazine groups is 1. The fraction of sp³-hybridized carbons (Fsp3) is 0.375. The Labute approximate surface area is 118 Å². The molecule has 1 aromatic carbocycles. The monoisotopic (exact) mass is 272 g/mol. The molecule has 1 heterocycles. The molecule has 2 aromatic rings. The van der Waals surface area contributed by atoms with Gasteiger partial charge in [-0.3, -0.25) is 11.3 Å². The van der Waals surface area contributed by atoms with Crippen LogP contribution in [0.15, 0.2) is 35.7 Å². The van der Waals surface area contributed by atoms with Crippen molar-refractivity contribution >= 4 is 11.3 Å². The van der Waals surface area contributed by atoms with E-state index in [1.807, 2.05) is 11.3 Å². The van der Waals surface area contributed by atoms with Crippen molar-refractivity contribution in [1.82, 2.24) is 5.43 Å². The second-order valence-electron chi connectivity index (χ2n) is 5.38. The van der Waals surface area contributed by atoms with Crippen LogP contribution in [0.1, 0.15) is 34.0 Å². The van der Waals surface area contributed by atoms with E-state index in [1.54, 1.807) is 0 Å². The van der Waals surface area contributed by atoms with Crippen molar-refractivity contribution in [3.8, 4) is 0 Å². The summed E-state index contributed by atoms with van der Waals surface area (Å²) in [5.41, 5.74) is 7.41. The Morgan fingerprint density at radius 2 is 2.05 bits per heavy atom. The Hall–Kier alpha value is -1.16. The number of aryl methyl sites for hydroxylation is 2. The lowest BCUT2D eigenvalue weighted by atomic mass is 9.79. The Morgan fingerprint density at radius 3 is 2.74 bits per heavy atom. The highest BCUT2D eigenvalue weighted by atomic mass is 32.1. The van der Waals surface area contributed by atoms with Crippen LogP contribution in [-0.4, -0.2) is 0 Å². The largest absolute Gasteiger partial charge is 0.271 e. The molecule has 1 aromatic heterocycles. The molecule has 1 aliphatic carbocycles. The highest BCUT2D eigenvalue weighted by Gasteiger charge is 2.28. The number of hydrogen-bond acceptors (Lipinski definition) is 3. The van der Waals surface area contributed by atoms with Gasteiger partial charge in [0.25, 0.3) is 0 Å². The van der Waals surface area contributed by atoms with Gasteiger partial charge in [0.1, 0.15) is 0 Å². The molecule has 100 valence electrons. The minimum atomic E-state index is 0.286. The number of hydrogen-bond donors (Lipinski definition) is 2. The summed E-state index contributed by atoms with van der Waals surface area (Å²) in [7, 11) is 0. The lowest BCUT2D eigenvalue weighted by molar-refractivity contribution is 0.333. The van der Waals surface area contributed by atoms with Crippen LogP contribution in [0.25, 0.3) is 0 Å². The maximum absolute atomic E-state index is 5.84. The van der Waals surface area contributed by atoms with Crippen LogP contribution in [0.5, 0.6) is 0 Å². The van der Waals surface area contributed by atoms with Crippen LogP contribution in [0.4, 0.5) is 0 Å². The Bertz CT molecular complexity index is 561. The molecule has 3 heteroatoms. The summed E-state index contributed by atoms with van der Waals surface area (Å²) in [5, 5.41) is 2.16. The third-order valence-electron chi connectivity index (χ3n) is 4.22. The van der Waals surface area contributed by atoms with Gasteiger partial charge >= 0.3 is 0 Å². The molecular weight excluding hydrogens is 252 g/mol. The number of benzene rings is 1. The van der Waals surface area contributed by atoms with Crippen molar-refractivity contribution in [2.75, 3.05) is 0 Å². The first-order valence-corrected chi connectivity index (χ1v) is 7.74. The number of thiophene rings is 1. The van der Waals surface area contributed by atoms with Gasteiger partial charge in [0.15, 0.2) is 0 Å². The average molecular weight is 272 g/mol. The second kappa shape index (κ2) is 5.45. The second-order valence-corrected chi connectivity index (χ2v) is 6.33. The standard InChI is InChI=1S/C16H20N2S/c1-11-8-9-19-16(11)15(18-17)14-7-6-12-4-2-3-5-13(12)10-14/h2-5,8-9,14-15,18H,6-7,10,17H2,1H3. The third-order valence-corrected chi connectivity index (χ3v) is 5.32. The van der Waals surface area contributed by atoms with Gasteiger partial charge in [0.05, 0.1) is 6.04 Å².